The Morgan fingerprint density at radius 3 is 2.86 bits per heavy atom. The molecule has 3 aromatic rings. The van der Waals surface area contributed by atoms with E-state index in [0.717, 1.165) is 24.9 Å². The molecule has 1 amide bonds. The number of phenols is 1. The van der Waals surface area contributed by atoms with Crippen LogP contribution in [0.15, 0.2) is 53.7 Å². The van der Waals surface area contributed by atoms with Crippen molar-refractivity contribution in [2.75, 3.05) is 0 Å². The lowest BCUT2D eigenvalue weighted by Gasteiger charge is -2.27. The SMILES string of the molecule is C[C@@H](Sc1nnnn1-c1ccc(O)cc1)C(=O)N[C@H]1CCCc2ccccc21. The van der Waals surface area contributed by atoms with Crippen LogP contribution in [0.1, 0.15) is 36.9 Å². The van der Waals surface area contributed by atoms with Gasteiger partial charge in [-0.1, -0.05) is 36.0 Å². The fraction of sp³-hybridized carbons (Fsp3) is 0.300. The molecule has 0 radical (unpaired) electrons. The minimum Gasteiger partial charge on any atom is -0.508 e. The molecular weight excluding hydrogens is 374 g/mol. The molecule has 1 aliphatic rings. The molecule has 0 bridgehead atoms. The standard InChI is InChI=1S/C20H21N5O2S/c1-13(19(27)21-18-8-4-6-14-5-2-3-7-17(14)18)28-20-22-23-24-25(20)15-9-11-16(26)12-10-15/h2-3,5,7,9-13,18,26H,4,6,8H2,1H3,(H,21,27)/t13-,18+/m1/s1. The van der Waals surface area contributed by atoms with Gasteiger partial charge in [-0.05, 0) is 72.0 Å². The summed E-state index contributed by atoms with van der Waals surface area (Å²) in [6.07, 6.45) is 3.09. The van der Waals surface area contributed by atoms with E-state index in [-0.39, 0.29) is 22.9 Å². The summed E-state index contributed by atoms with van der Waals surface area (Å²) in [7, 11) is 0. The summed E-state index contributed by atoms with van der Waals surface area (Å²) in [4.78, 5) is 12.8. The summed E-state index contributed by atoms with van der Waals surface area (Å²) in [5.74, 6) is 0.137. The van der Waals surface area contributed by atoms with E-state index in [2.05, 4.69) is 33.0 Å². The zero-order valence-electron chi connectivity index (χ0n) is 15.4. The van der Waals surface area contributed by atoms with E-state index in [1.54, 1.807) is 28.9 Å². The van der Waals surface area contributed by atoms with E-state index in [1.165, 1.54) is 22.9 Å². The topological polar surface area (TPSA) is 92.9 Å². The highest BCUT2D eigenvalue weighted by Crippen LogP contribution is 2.30. The number of tetrazole rings is 1. The van der Waals surface area contributed by atoms with Crippen LogP contribution >= 0.6 is 11.8 Å². The molecule has 0 saturated carbocycles. The fourth-order valence-corrected chi connectivity index (χ4v) is 4.23. The molecule has 2 N–H and O–H groups in total. The lowest BCUT2D eigenvalue weighted by molar-refractivity contribution is -0.121. The van der Waals surface area contributed by atoms with Gasteiger partial charge >= 0.3 is 0 Å². The summed E-state index contributed by atoms with van der Waals surface area (Å²) in [5, 5.41) is 24.6. The average Bonchev–Trinajstić information content (AvgIpc) is 3.17. The first-order valence-electron chi connectivity index (χ1n) is 9.24. The third-order valence-corrected chi connectivity index (χ3v) is 5.91. The number of carbonyl (C=O) groups is 1. The number of thioether (sulfide) groups is 1. The number of hydrogen-bond donors (Lipinski definition) is 2. The molecule has 1 aromatic heterocycles. The van der Waals surface area contributed by atoms with E-state index in [0.29, 0.717) is 5.16 Å². The van der Waals surface area contributed by atoms with Gasteiger partial charge in [0, 0.05) is 0 Å². The van der Waals surface area contributed by atoms with Crippen LogP contribution in [0, 0.1) is 0 Å². The molecule has 0 saturated heterocycles. The zero-order valence-corrected chi connectivity index (χ0v) is 16.3. The first-order chi connectivity index (χ1) is 13.6. The molecule has 2 aromatic carbocycles. The molecule has 1 heterocycles. The second-order valence-corrected chi connectivity index (χ2v) is 8.11. The Hall–Kier alpha value is -2.87. The van der Waals surface area contributed by atoms with Gasteiger partial charge in [-0.3, -0.25) is 4.79 Å². The maximum absolute atomic E-state index is 12.8. The highest BCUT2D eigenvalue weighted by Gasteiger charge is 2.25. The van der Waals surface area contributed by atoms with Gasteiger partial charge in [0.25, 0.3) is 0 Å². The summed E-state index contributed by atoms with van der Waals surface area (Å²) >= 11 is 1.31. The Bertz CT molecular complexity index is 973. The van der Waals surface area contributed by atoms with Gasteiger partial charge in [0.2, 0.25) is 11.1 Å². The number of hydrogen-bond acceptors (Lipinski definition) is 6. The minimum atomic E-state index is -0.351. The van der Waals surface area contributed by atoms with Gasteiger partial charge in [-0.25, -0.2) is 0 Å². The number of aromatic hydroxyl groups is 1. The van der Waals surface area contributed by atoms with Gasteiger partial charge in [0.1, 0.15) is 5.75 Å². The third kappa shape index (κ3) is 3.87. The monoisotopic (exact) mass is 395 g/mol. The van der Waals surface area contributed by atoms with Crippen LogP contribution in [-0.2, 0) is 11.2 Å². The third-order valence-electron chi connectivity index (χ3n) is 4.87. The lowest BCUT2D eigenvalue weighted by atomic mass is 9.88. The minimum absolute atomic E-state index is 0.0352. The zero-order chi connectivity index (χ0) is 19.5. The van der Waals surface area contributed by atoms with E-state index >= 15 is 0 Å². The number of carbonyl (C=O) groups excluding carboxylic acids is 1. The number of benzene rings is 2. The maximum Gasteiger partial charge on any atom is 0.233 e. The Morgan fingerprint density at radius 1 is 1.25 bits per heavy atom. The molecule has 1 aliphatic carbocycles. The number of phenolic OH excluding ortho intramolecular Hbond substituents is 1. The second-order valence-electron chi connectivity index (χ2n) is 6.80. The molecule has 0 spiro atoms. The van der Waals surface area contributed by atoms with Crippen molar-refractivity contribution in [1.82, 2.24) is 25.5 Å². The van der Waals surface area contributed by atoms with Gasteiger partial charge < -0.3 is 10.4 Å². The molecule has 0 aliphatic heterocycles. The van der Waals surface area contributed by atoms with E-state index in [9.17, 15) is 9.90 Å². The largest absolute Gasteiger partial charge is 0.508 e. The van der Waals surface area contributed by atoms with Crippen molar-refractivity contribution < 1.29 is 9.90 Å². The smallest absolute Gasteiger partial charge is 0.233 e. The van der Waals surface area contributed by atoms with Crippen LogP contribution in [-0.4, -0.2) is 36.5 Å². The highest BCUT2D eigenvalue weighted by molar-refractivity contribution is 8.00. The Kier molecular flexibility index (Phi) is 5.29. The summed E-state index contributed by atoms with van der Waals surface area (Å²) in [5.41, 5.74) is 3.25. The molecule has 0 fully saturated rings. The molecule has 28 heavy (non-hydrogen) atoms. The fourth-order valence-electron chi connectivity index (χ4n) is 3.41. The van der Waals surface area contributed by atoms with Gasteiger partial charge in [-0.2, -0.15) is 4.68 Å². The Labute approximate surface area is 167 Å². The average molecular weight is 395 g/mol. The van der Waals surface area contributed by atoms with Crippen LogP contribution in [0.4, 0.5) is 0 Å². The van der Waals surface area contributed by atoms with Crippen molar-refractivity contribution in [3.05, 3.63) is 59.7 Å². The van der Waals surface area contributed by atoms with Crippen LogP contribution < -0.4 is 5.32 Å². The lowest BCUT2D eigenvalue weighted by Crippen LogP contribution is -2.36. The second kappa shape index (κ2) is 8.02. The summed E-state index contributed by atoms with van der Waals surface area (Å²) < 4.78 is 1.56. The van der Waals surface area contributed by atoms with E-state index in [1.807, 2.05) is 19.1 Å². The van der Waals surface area contributed by atoms with E-state index in [4.69, 9.17) is 0 Å². The van der Waals surface area contributed by atoms with Gasteiger partial charge in [-0.15, -0.1) is 5.10 Å². The van der Waals surface area contributed by atoms with Gasteiger partial charge in [0.05, 0.1) is 17.0 Å². The number of amides is 1. The number of nitrogens with zero attached hydrogens (tertiary/aromatic N) is 4. The first-order valence-corrected chi connectivity index (χ1v) is 10.1. The molecule has 7 nitrogen and oxygen atoms in total. The number of aromatic nitrogens is 4. The predicted molar refractivity (Wildman–Crippen MR) is 106 cm³/mol. The summed E-state index contributed by atoms with van der Waals surface area (Å²) in [6.45, 7) is 1.85. The first kappa shape index (κ1) is 18.5. The van der Waals surface area contributed by atoms with Crippen LogP contribution in [0.3, 0.4) is 0 Å². The molecule has 144 valence electrons. The van der Waals surface area contributed by atoms with Crippen molar-refractivity contribution in [3.8, 4) is 11.4 Å². The Morgan fingerprint density at radius 2 is 2.04 bits per heavy atom. The molecule has 4 rings (SSSR count). The highest BCUT2D eigenvalue weighted by atomic mass is 32.2. The molecular formula is C20H21N5O2S. The van der Waals surface area contributed by atoms with Crippen LogP contribution in [0.2, 0.25) is 0 Å². The maximum atomic E-state index is 12.8. The van der Waals surface area contributed by atoms with Crippen LogP contribution in [0.5, 0.6) is 5.75 Å². The number of aryl methyl sites for hydroxylation is 1. The van der Waals surface area contributed by atoms with Crippen molar-refractivity contribution in [3.63, 3.8) is 0 Å². The predicted octanol–water partition coefficient (Wildman–Crippen LogP) is 3.04. The number of rotatable bonds is 5. The van der Waals surface area contributed by atoms with E-state index < -0.39 is 0 Å². The van der Waals surface area contributed by atoms with Crippen molar-refractivity contribution >= 4 is 17.7 Å². The van der Waals surface area contributed by atoms with Crippen molar-refractivity contribution in [2.45, 2.75) is 42.6 Å². The molecule has 8 heteroatoms. The quantitative estimate of drug-likeness (QED) is 0.645. The number of fused-ring (bicyclic) bond motifs is 1. The summed E-state index contributed by atoms with van der Waals surface area (Å²) in [6, 6.07) is 14.9. The van der Waals surface area contributed by atoms with Crippen molar-refractivity contribution in [2.24, 2.45) is 0 Å². The number of nitrogens with one attached hydrogen (secondary N) is 1. The molecule has 2 atom stereocenters. The van der Waals surface area contributed by atoms with Crippen molar-refractivity contribution in [1.29, 1.82) is 0 Å². The van der Waals surface area contributed by atoms with Gasteiger partial charge in [0.15, 0.2) is 0 Å². The Balaban J connectivity index is 1.45. The van der Waals surface area contributed by atoms with Crippen LogP contribution in [0.25, 0.3) is 5.69 Å². The normalized spacial score (nSPS) is 17.0. The molecule has 0 unspecified atom stereocenters.